The fourth-order valence-corrected chi connectivity index (χ4v) is 4.00. The summed E-state index contributed by atoms with van der Waals surface area (Å²) in [4.78, 5) is 17.4. The van der Waals surface area contributed by atoms with Gasteiger partial charge in [0.1, 0.15) is 5.75 Å². The molecule has 1 saturated carbocycles. The lowest BCUT2D eigenvalue weighted by atomic mass is 10.2. The van der Waals surface area contributed by atoms with Crippen molar-refractivity contribution in [2.45, 2.75) is 31.8 Å². The minimum absolute atomic E-state index is 0.0850. The number of imidazole rings is 1. The van der Waals surface area contributed by atoms with Crippen LogP contribution in [0.1, 0.15) is 25.7 Å². The molecule has 0 atom stereocenters. The smallest absolute Gasteiger partial charge is 0.337 e. The van der Waals surface area contributed by atoms with Crippen LogP contribution >= 0.6 is 0 Å². The lowest BCUT2D eigenvalue weighted by molar-refractivity contribution is 0.210. The lowest BCUT2D eigenvalue weighted by Gasteiger charge is -2.21. The van der Waals surface area contributed by atoms with E-state index in [2.05, 4.69) is 43.1 Å². The second kappa shape index (κ2) is 9.43. The molecular weight excluding hydrogens is 388 g/mol. The Morgan fingerprint density at radius 3 is 1.94 bits per heavy atom. The maximum Gasteiger partial charge on any atom is 0.337 e. The minimum atomic E-state index is -0.0850. The summed E-state index contributed by atoms with van der Waals surface area (Å²) in [5.41, 5.74) is 2.74. The highest BCUT2D eigenvalue weighted by molar-refractivity contribution is 5.50. The molecule has 0 N–H and O–H groups in total. The molecule has 2 aromatic carbocycles. The molecule has 1 aromatic heterocycles. The van der Waals surface area contributed by atoms with Crippen molar-refractivity contribution in [2.75, 3.05) is 39.1 Å². The van der Waals surface area contributed by atoms with Crippen LogP contribution in [0, 0.1) is 0 Å². The van der Waals surface area contributed by atoms with E-state index in [0.29, 0.717) is 6.10 Å². The third kappa shape index (κ3) is 5.02. The number of likely N-dealkylation sites (N-methyl/N-ethyl adjacent to an activating group) is 2. The SMILES string of the molecule is CN(C)CCN(C)c1ccc(-n2ccn(-c3ccc(OC4CCCC4)cc3)c2=O)cc1. The first kappa shape index (κ1) is 21.2. The van der Waals surface area contributed by atoms with Gasteiger partial charge < -0.3 is 14.5 Å². The van der Waals surface area contributed by atoms with Gasteiger partial charge in [-0.25, -0.2) is 4.79 Å². The highest BCUT2D eigenvalue weighted by Gasteiger charge is 2.16. The molecule has 6 nitrogen and oxygen atoms in total. The number of nitrogens with zero attached hydrogens (tertiary/aromatic N) is 4. The Morgan fingerprint density at radius 1 is 0.839 bits per heavy atom. The molecule has 3 aromatic rings. The average Bonchev–Trinajstić information content (AvgIpc) is 3.42. The van der Waals surface area contributed by atoms with Gasteiger partial charge >= 0.3 is 5.69 Å². The summed E-state index contributed by atoms with van der Waals surface area (Å²) in [6.45, 7) is 1.94. The van der Waals surface area contributed by atoms with Crippen molar-refractivity contribution in [3.05, 3.63) is 71.4 Å². The molecular formula is C25H32N4O2. The summed E-state index contributed by atoms with van der Waals surface area (Å²) in [7, 11) is 6.23. The van der Waals surface area contributed by atoms with E-state index in [-0.39, 0.29) is 5.69 Å². The number of hydrogen-bond donors (Lipinski definition) is 0. The molecule has 0 spiro atoms. The van der Waals surface area contributed by atoms with Crippen LogP contribution in [0.3, 0.4) is 0 Å². The van der Waals surface area contributed by atoms with E-state index in [1.165, 1.54) is 12.8 Å². The number of hydrogen-bond acceptors (Lipinski definition) is 4. The summed E-state index contributed by atoms with van der Waals surface area (Å²) >= 11 is 0. The fourth-order valence-electron chi connectivity index (χ4n) is 4.00. The predicted octanol–water partition coefficient (Wildman–Crippen LogP) is 3.95. The normalized spacial score (nSPS) is 14.3. The molecule has 0 aliphatic heterocycles. The molecule has 164 valence electrons. The molecule has 4 rings (SSSR count). The third-order valence-corrected chi connectivity index (χ3v) is 5.95. The number of rotatable bonds is 8. The summed E-state index contributed by atoms with van der Waals surface area (Å²) in [5, 5.41) is 0. The van der Waals surface area contributed by atoms with Crippen LogP contribution in [0.15, 0.2) is 65.7 Å². The van der Waals surface area contributed by atoms with E-state index in [4.69, 9.17) is 4.74 Å². The standard InChI is InChI=1S/C25H32N4O2/c1-26(2)16-17-27(3)20-8-10-21(11-9-20)28-18-19-29(25(28)30)22-12-14-24(15-13-22)31-23-6-4-5-7-23/h8-15,18-19,23H,4-7,16-17H2,1-3H3. The maximum absolute atomic E-state index is 13.0. The van der Waals surface area contributed by atoms with Gasteiger partial charge in [0.2, 0.25) is 0 Å². The Balaban J connectivity index is 1.47. The molecule has 1 fully saturated rings. The van der Waals surface area contributed by atoms with Crippen molar-refractivity contribution in [1.82, 2.24) is 14.0 Å². The van der Waals surface area contributed by atoms with Crippen molar-refractivity contribution in [3.63, 3.8) is 0 Å². The second-order valence-corrected chi connectivity index (χ2v) is 8.58. The van der Waals surface area contributed by atoms with E-state index >= 15 is 0 Å². The zero-order valence-electron chi connectivity index (χ0n) is 18.7. The number of aromatic nitrogens is 2. The van der Waals surface area contributed by atoms with E-state index in [1.54, 1.807) is 9.13 Å². The molecule has 0 unspecified atom stereocenters. The van der Waals surface area contributed by atoms with Gasteiger partial charge in [-0.2, -0.15) is 0 Å². The van der Waals surface area contributed by atoms with Crippen molar-refractivity contribution in [3.8, 4) is 17.1 Å². The van der Waals surface area contributed by atoms with Crippen LogP contribution in [-0.4, -0.2) is 54.4 Å². The first-order chi connectivity index (χ1) is 15.0. The largest absolute Gasteiger partial charge is 0.490 e. The van der Waals surface area contributed by atoms with E-state index < -0.39 is 0 Å². The van der Waals surface area contributed by atoms with Gasteiger partial charge in [0.05, 0.1) is 17.5 Å². The van der Waals surface area contributed by atoms with E-state index in [1.807, 2.05) is 48.8 Å². The zero-order chi connectivity index (χ0) is 21.8. The van der Waals surface area contributed by atoms with Gasteiger partial charge in [-0.1, -0.05) is 0 Å². The molecule has 0 bridgehead atoms. The monoisotopic (exact) mass is 420 g/mol. The maximum atomic E-state index is 13.0. The first-order valence-corrected chi connectivity index (χ1v) is 11.0. The summed E-state index contributed by atoms with van der Waals surface area (Å²) in [5.74, 6) is 0.872. The zero-order valence-corrected chi connectivity index (χ0v) is 18.7. The Bertz CT molecular complexity index is 1030. The van der Waals surface area contributed by atoms with E-state index in [9.17, 15) is 4.79 Å². The molecule has 1 aliphatic rings. The Kier molecular flexibility index (Phi) is 6.47. The van der Waals surface area contributed by atoms with Gasteiger partial charge in [0.25, 0.3) is 0 Å². The topological polar surface area (TPSA) is 42.6 Å². The molecule has 1 heterocycles. The summed E-state index contributed by atoms with van der Waals surface area (Å²) in [6.07, 6.45) is 8.72. The quantitative estimate of drug-likeness (QED) is 0.554. The van der Waals surface area contributed by atoms with Crippen LogP contribution in [0.25, 0.3) is 11.4 Å². The number of ether oxygens (including phenoxy) is 1. The highest BCUT2D eigenvalue weighted by Crippen LogP contribution is 2.24. The van der Waals surface area contributed by atoms with Crippen molar-refractivity contribution < 1.29 is 4.74 Å². The average molecular weight is 421 g/mol. The Labute approximate surface area is 184 Å². The lowest BCUT2D eigenvalue weighted by Crippen LogP contribution is -2.28. The van der Waals surface area contributed by atoms with Gasteiger partial charge in [0, 0.05) is 38.2 Å². The molecule has 1 aliphatic carbocycles. The van der Waals surface area contributed by atoms with Crippen molar-refractivity contribution >= 4 is 5.69 Å². The predicted molar refractivity (Wildman–Crippen MR) is 126 cm³/mol. The fraction of sp³-hybridized carbons (Fsp3) is 0.400. The molecule has 0 saturated heterocycles. The van der Waals surface area contributed by atoms with Crippen LogP contribution < -0.4 is 15.3 Å². The van der Waals surface area contributed by atoms with Gasteiger partial charge in [0.15, 0.2) is 0 Å². The van der Waals surface area contributed by atoms with Gasteiger partial charge in [-0.05, 0) is 88.3 Å². The molecule has 6 heteroatoms. The van der Waals surface area contributed by atoms with Crippen LogP contribution in [0.2, 0.25) is 0 Å². The summed E-state index contributed by atoms with van der Waals surface area (Å²) < 4.78 is 9.37. The Morgan fingerprint density at radius 2 is 1.39 bits per heavy atom. The Hall–Kier alpha value is -2.99. The third-order valence-electron chi connectivity index (χ3n) is 5.95. The summed E-state index contributed by atoms with van der Waals surface area (Å²) in [6, 6.07) is 15.9. The minimum Gasteiger partial charge on any atom is -0.490 e. The molecule has 31 heavy (non-hydrogen) atoms. The van der Waals surface area contributed by atoms with E-state index in [0.717, 1.165) is 48.7 Å². The van der Waals surface area contributed by atoms with Gasteiger partial charge in [-0.3, -0.25) is 9.13 Å². The highest BCUT2D eigenvalue weighted by atomic mass is 16.5. The molecule has 0 radical (unpaired) electrons. The number of anilines is 1. The van der Waals surface area contributed by atoms with Crippen LogP contribution in [-0.2, 0) is 0 Å². The molecule has 0 amide bonds. The number of benzene rings is 2. The first-order valence-electron chi connectivity index (χ1n) is 11.0. The van der Waals surface area contributed by atoms with Crippen LogP contribution in [0.4, 0.5) is 5.69 Å². The van der Waals surface area contributed by atoms with Crippen molar-refractivity contribution in [1.29, 1.82) is 0 Å². The van der Waals surface area contributed by atoms with Crippen LogP contribution in [0.5, 0.6) is 5.75 Å². The van der Waals surface area contributed by atoms with Gasteiger partial charge in [-0.15, -0.1) is 0 Å². The van der Waals surface area contributed by atoms with Crippen molar-refractivity contribution in [2.24, 2.45) is 0 Å². The second-order valence-electron chi connectivity index (χ2n) is 8.58.